The van der Waals surface area contributed by atoms with Crippen molar-refractivity contribution in [2.75, 3.05) is 5.32 Å². The Balaban J connectivity index is 2.73. The second-order valence-corrected chi connectivity index (χ2v) is 6.00. The molecule has 1 N–H and O–H groups in total. The largest absolute Gasteiger partial charge is 0.418 e. The lowest BCUT2D eigenvalue weighted by Crippen LogP contribution is -2.11. The Labute approximate surface area is 143 Å². The molecule has 0 aliphatic heterocycles. The first-order valence-corrected chi connectivity index (χ1v) is 7.51. The van der Waals surface area contributed by atoms with E-state index in [2.05, 4.69) is 25.6 Å². The maximum atomic E-state index is 13.2. The third kappa shape index (κ3) is 3.46. The molecule has 0 fully saturated rings. The lowest BCUT2D eigenvalue weighted by Gasteiger charge is -2.14. The number of aromatic nitrogens is 1. The number of alkyl halides is 3. The van der Waals surface area contributed by atoms with E-state index < -0.39 is 38.6 Å². The van der Waals surface area contributed by atoms with E-state index in [4.69, 9.17) is 0 Å². The quantitative estimate of drug-likeness (QED) is 0.555. The second-order valence-electron chi connectivity index (χ2n) is 4.44. The fourth-order valence-electron chi connectivity index (χ4n) is 1.77. The van der Waals surface area contributed by atoms with Crippen LogP contribution >= 0.6 is 27.5 Å². The Morgan fingerprint density at radius 3 is 2.29 bits per heavy atom. The molecule has 0 spiro atoms. The van der Waals surface area contributed by atoms with Gasteiger partial charge < -0.3 is 5.32 Å². The molecule has 1 heterocycles. The van der Waals surface area contributed by atoms with E-state index in [0.29, 0.717) is 16.2 Å². The summed E-state index contributed by atoms with van der Waals surface area (Å²) in [6.07, 6.45) is -5.04. The van der Waals surface area contributed by atoms with Crippen molar-refractivity contribution in [3.63, 3.8) is 0 Å². The van der Waals surface area contributed by atoms with Crippen LogP contribution in [0.3, 0.4) is 0 Å². The molecule has 0 saturated carbocycles. The van der Waals surface area contributed by atoms with Crippen molar-refractivity contribution in [1.29, 1.82) is 0 Å². The van der Waals surface area contributed by atoms with Crippen LogP contribution in [0, 0.1) is 27.2 Å². The summed E-state index contributed by atoms with van der Waals surface area (Å²) in [6.45, 7) is 1.58. The number of nitrogens with zero attached hydrogens (tertiary/aromatic N) is 3. The Hall–Kier alpha value is -2.28. The van der Waals surface area contributed by atoms with Crippen molar-refractivity contribution in [2.24, 2.45) is 0 Å². The van der Waals surface area contributed by atoms with E-state index >= 15 is 0 Å². The van der Waals surface area contributed by atoms with Crippen molar-refractivity contribution in [3.8, 4) is 0 Å². The van der Waals surface area contributed by atoms with Crippen LogP contribution in [0.1, 0.15) is 11.3 Å². The van der Waals surface area contributed by atoms with Gasteiger partial charge in [0.15, 0.2) is 0 Å². The molecule has 2 aromatic rings. The second kappa shape index (κ2) is 6.32. The Morgan fingerprint density at radius 1 is 1.25 bits per heavy atom. The Morgan fingerprint density at radius 2 is 1.88 bits per heavy atom. The van der Waals surface area contributed by atoms with Crippen LogP contribution in [0.5, 0.6) is 0 Å². The summed E-state index contributed by atoms with van der Waals surface area (Å²) in [6, 6.07) is 0.719. The number of hydrogen-bond donors (Lipinski definition) is 1. The average Bonchev–Trinajstić information content (AvgIpc) is 2.77. The standard InChI is InChI=1S/C11H6BrF3N4O4S/c1-4-8(12)10(24-17-4)16-9-6(11(13,14)15)2-5(18(20)21)3-7(9)19(22)23/h2-3,16H,1H3. The predicted octanol–water partition coefficient (Wildman–Crippen LogP) is 4.79. The minimum absolute atomic E-state index is 0.106. The lowest BCUT2D eigenvalue weighted by molar-refractivity contribution is -0.394. The first-order valence-electron chi connectivity index (χ1n) is 5.95. The first-order chi connectivity index (χ1) is 11.0. The summed E-state index contributed by atoms with van der Waals surface area (Å²) in [5, 5.41) is 24.3. The molecular formula is C11H6BrF3N4O4S. The minimum atomic E-state index is -5.04. The number of aryl methyl sites for hydroxylation is 1. The topological polar surface area (TPSA) is 111 Å². The van der Waals surface area contributed by atoms with Gasteiger partial charge in [-0.1, -0.05) is 0 Å². The van der Waals surface area contributed by atoms with Gasteiger partial charge in [0.1, 0.15) is 10.7 Å². The number of non-ortho nitro benzene ring substituents is 1. The van der Waals surface area contributed by atoms with Gasteiger partial charge in [-0.25, -0.2) is 0 Å². The monoisotopic (exact) mass is 426 g/mol. The van der Waals surface area contributed by atoms with Crippen molar-refractivity contribution in [2.45, 2.75) is 13.1 Å². The summed E-state index contributed by atoms with van der Waals surface area (Å²) < 4.78 is 43.9. The van der Waals surface area contributed by atoms with E-state index in [1.54, 1.807) is 6.92 Å². The average molecular weight is 427 g/mol. The van der Waals surface area contributed by atoms with Crippen LogP contribution in [-0.2, 0) is 6.18 Å². The molecule has 8 nitrogen and oxygen atoms in total. The van der Waals surface area contributed by atoms with Crippen LogP contribution in [-0.4, -0.2) is 14.2 Å². The smallest absolute Gasteiger partial charge is 0.339 e. The zero-order chi connectivity index (χ0) is 18.2. The molecule has 2 rings (SSSR count). The van der Waals surface area contributed by atoms with Gasteiger partial charge in [-0.2, -0.15) is 17.5 Å². The van der Waals surface area contributed by atoms with Crippen LogP contribution < -0.4 is 5.32 Å². The van der Waals surface area contributed by atoms with E-state index in [0.717, 1.165) is 11.5 Å². The van der Waals surface area contributed by atoms with Crippen LogP contribution in [0.25, 0.3) is 0 Å². The number of anilines is 2. The maximum Gasteiger partial charge on any atom is 0.418 e. The summed E-state index contributed by atoms with van der Waals surface area (Å²) in [7, 11) is 0. The van der Waals surface area contributed by atoms with Crippen molar-refractivity contribution < 1.29 is 23.0 Å². The number of nitro benzene ring substituents is 2. The zero-order valence-electron chi connectivity index (χ0n) is 11.5. The van der Waals surface area contributed by atoms with Gasteiger partial charge >= 0.3 is 6.18 Å². The van der Waals surface area contributed by atoms with E-state index in [1.165, 1.54) is 0 Å². The van der Waals surface area contributed by atoms with Crippen LogP contribution in [0.4, 0.5) is 35.2 Å². The molecular weight excluding hydrogens is 421 g/mol. The molecule has 0 atom stereocenters. The number of hydrogen-bond acceptors (Lipinski definition) is 7. The number of nitro groups is 2. The van der Waals surface area contributed by atoms with Gasteiger partial charge in [0.05, 0.1) is 31.6 Å². The van der Waals surface area contributed by atoms with Crippen molar-refractivity contribution in [3.05, 3.63) is 48.1 Å². The zero-order valence-corrected chi connectivity index (χ0v) is 14.0. The predicted molar refractivity (Wildman–Crippen MR) is 82.6 cm³/mol. The van der Waals surface area contributed by atoms with Crippen molar-refractivity contribution >= 4 is 49.5 Å². The highest BCUT2D eigenvalue weighted by molar-refractivity contribution is 9.10. The summed E-state index contributed by atoms with van der Waals surface area (Å²) in [5.74, 6) is 0. The first kappa shape index (κ1) is 18.1. The van der Waals surface area contributed by atoms with Gasteiger partial charge in [0.25, 0.3) is 11.4 Å². The molecule has 1 aromatic heterocycles. The van der Waals surface area contributed by atoms with E-state index in [1.807, 2.05) is 0 Å². The number of rotatable bonds is 4. The van der Waals surface area contributed by atoms with Crippen LogP contribution in [0.15, 0.2) is 16.6 Å². The van der Waals surface area contributed by atoms with Gasteiger partial charge in [-0.05, 0) is 34.4 Å². The molecule has 0 saturated heterocycles. The number of benzene rings is 1. The van der Waals surface area contributed by atoms with Gasteiger partial charge in [0.2, 0.25) is 0 Å². The number of nitrogens with one attached hydrogen (secondary N) is 1. The molecule has 0 aliphatic rings. The normalized spacial score (nSPS) is 11.4. The van der Waals surface area contributed by atoms with Crippen LogP contribution in [0.2, 0.25) is 0 Å². The van der Waals surface area contributed by atoms with E-state index in [-0.39, 0.29) is 11.1 Å². The summed E-state index contributed by atoms with van der Waals surface area (Å²) in [4.78, 5) is 19.6. The molecule has 0 aliphatic carbocycles. The van der Waals surface area contributed by atoms with Gasteiger partial charge in [0, 0.05) is 6.07 Å². The molecule has 1 aromatic carbocycles. The minimum Gasteiger partial charge on any atom is -0.339 e. The fourth-order valence-corrected chi connectivity index (χ4v) is 2.98. The lowest BCUT2D eigenvalue weighted by atomic mass is 10.1. The third-order valence-electron chi connectivity index (χ3n) is 2.84. The summed E-state index contributed by atoms with van der Waals surface area (Å²) in [5.41, 5.74) is -4.02. The van der Waals surface area contributed by atoms with E-state index in [9.17, 15) is 33.4 Å². The molecule has 0 unspecified atom stereocenters. The van der Waals surface area contributed by atoms with Gasteiger partial charge in [-0.15, -0.1) is 0 Å². The fraction of sp³-hybridized carbons (Fsp3) is 0.182. The number of halogens is 4. The molecule has 128 valence electrons. The molecule has 0 amide bonds. The molecule has 0 bridgehead atoms. The highest BCUT2D eigenvalue weighted by atomic mass is 79.9. The molecule has 24 heavy (non-hydrogen) atoms. The summed E-state index contributed by atoms with van der Waals surface area (Å²) >= 11 is 3.90. The third-order valence-corrected chi connectivity index (χ3v) is 4.93. The Kier molecular flexibility index (Phi) is 4.75. The maximum absolute atomic E-state index is 13.2. The molecule has 0 radical (unpaired) electrons. The Bertz CT molecular complexity index is 839. The molecule has 13 heteroatoms. The van der Waals surface area contributed by atoms with Crippen molar-refractivity contribution in [1.82, 2.24) is 4.37 Å². The highest BCUT2D eigenvalue weighted by Crippen LogP contribution is 2.45. The van der Waals surface area contributed by atoms with Gasteiger partial charge in [-0.3, -0.25) is 20.2 Å². The SMILES string of the molecule is Cc1nsc(Nc2c([N+](=O)[O-])cc([N+](=O)[O-])cc2C(F)(F)F)c1Br. The highest BCUT2D eigenvalue weighted by Gasteiger charge is 2.40.